The van der Waals surface area contributed by atoms with Crippen molar-refractivity contribution < 1.29 is 14.3 Å². The number of rotatable bonds is 5. The maximum absolute atomic E-state index is 12.0. The van der Waals surface area contributed by atoms with E-state index in [4.69, 9.17) is 21.7 Å². The fourth-order valence-corrected chi connectivity index (χ4v) is 2.14. The van der Waals surface area contributed by atoms with Crippen molar-refractivity contribution in [3.63, 3.8) is 0 Å². The van der Waals surface area contributed by atoms with E-state index in [1.54, 1.807) is 13.1 Å². The number of thiocarbonyl (C=S) groups is 1. The van der Waals surface area contributed by atoms with Crippen molar-refractivity contribution in [3.8, 4) is 11.5 Å². The highest BCUT2D eigenvalue weighted by Gasteiger charge is 2.27. The van der Waals surface area contributed by atoms with E-state index >= 15 is 0 Å². The Labute approximate surface area is 129 Å². The van der Waals surface area contributed by atoms with E-state index in [0.717, 1.165) is 11.3 Å². The average molecular weight is 306 g/mol. The summed E-state index contributed by atoms with van der Waals surface area (Å²) in [6.45, 7) is 4.96. The molecular formula is C15H18N2O3S. The maximum Gasteiger partial charge on any atom is 0.276 e. The molecule has 5 nitrogen and oxygen atoms in total. The van der Waals surface area contributed by atoms with E-state index in [1.165, 1.54) is 4.90 Å². The molecule has 1 N–H and O–H groups in total. The number of ether oxygens (including phenoxy) is 2. The summed E-state index contributed by atoms with van der Waals surface area (Å²) in [6.07, 6.45) is 1.73. The van der Waals surface area contributed by atoms with E-state index in [2.05, 4.69) is 5.32 Å². The second-order valence-corrected chi connectivity index (χ2v) is 4.80. The molecule has 1 aliphatic heterocycles. The highest BCUT2D eigenvalue weighted by molar-refractivity contribution is 7.80. The summed E-state index contributed by atoms with van der Waals surface area (Å²) in [5, 5.41) is 3.29. The molecule has 0 atom stereocenters. The third-order valence-corrected chi connectivity index (χ3v) is 3.35. The normalized spacial score (nSPS) is 16.3. The number of nitrogens with zero attached hydrogens (tertiary/aromatic N) is 1. The fourth-order valence-electron chi connectivity index (χ4n) is 1.95. The molecule has 1 saturated heterocycles. The summed E-state index contributed by atoms with van der Waals surface area (Å²) in [4.78, 5) is 13.4. The Morgan fingerprint density at radius 3 is 2.57 bits per heavy atom. The topological polar surface area (TPSA) is 50.8 Å². The van der Waals surface area contributed by atoms with Crippen LogP contribution in [0.1, 0.15) is 19.4 Å². The molecule has 0 aromatic heterocycles. The van der Waals surface area contributed by atoms with Crippen LogP contribution in [0.2, 0.25) is 0 Å². The van der Waals surface area contributed by atoms with Gasteiger partial charge >= 0.3 is 0 Å². The van der Waals surface area contributed by atoms with Crippen molar-refractivity contribution in [3.05, 3.63) is 29.5 Å². The lowest BCUT2D eigenvalue weighted by molar-refractivity contribution is -0.121. The predicted molar refractivity (Wildman–Crippen MR) is 85.3 cm³/mol. The van der Waals surface area contributed by atoms with Gasteiger partial charge in [-0.2, -0.15) is 0 Å². The largest absolute Gasteiger partial charge is 0.494 e. The predicted octanol–water partition coefficient (Wildman–Crippen LogP) is 2.17. The van der Waals surface area contributed by atoms with Gasteiger partial charge < -0.3 is 14.8 Å². The third-order valence-electron chi connectivity index (χ3n) is 2.98. The summed E-state index contributed by atoms with van der Waals surface area (Å²) in [5.41, 5.74) is 1.24. The SMILES string of the molecule is CCOc1ccc(/C=C2\NC(=S)N(C)C2=O)c(OCC)c1. The number of carbonyl (C=O) groups is 1. The van der Waals surface area contributed by atoms with Gasteiger partial charge in [0, 0.05) is 18.7 Å². The Bertz CT molecular complexity index is 599. The number of hydrogen-bond donors (Lipinski definition) is 1. The summed E-state index contributed by atoms with van der Waals surface area (Å²) in [6, 6.07) is 5.53. The Hall–Kier alpha value is -2.08. The van der Waals surface area contributed by atoms with E-state index in [-0.39, 0.29) is 5.91 Å². The van der Waals surface area contributed by atoms with Crippen LogP contribution in [-0.4, -0.2) is 36.2 Å². The van der Waals surface area contributed by atoms with Crippen molar-refractivity contribution >= 4 is 29.3 Å². The van der Waals surface area contributed by atoms with Crippen LogP contribution >= 0.6 is 12.2 Å². The van der Waals surface area contributed by atoms with Gasteiger partial charge in [0.15, 0.2) is 5.11 Å². The molecular weight excluding hydrogens is 288 g/mol. The quantitative estimate of drug-likeness (QED) is 0.667. The molecule has 21 heavy (non-hydrogen) atoms. The van der Waals surface area contributed by atoms with E-state index in [9.17, 15) is 4.79 Å². The lowest BCUT2D eigenvalue weighted by Gasteiger charge is -2.10. The Kier molecular flexibility index (Phi) is 4.80. The fraction of sp³-hybridized carbons (Fsp3) is 0.333. The molecule has 1 heterocycles. The first-order valence-corrected chi connectivity index (χ1v) is 7.18. The van der Waals surface area contributed by atoms with Crippen molar-refractivity contribution in [1.29, 1.82) is 0 Å². The number of benzene rings is 1. The second kappa shape index (κ2) is 6.58. The average Bonchev–Trinajstić information content (AvgIpc) is 2.70. The number of hydrogen-bond acceptors (Lipinski definition) is 4. The van der Waals surface area contributed by atoms with Gasteiger partial charge in [-0.25, -0.2) is 0 Å². The molecule has 0 saturated carbocycles. The maximum atomic E-state index is 12.0. The van der Waals surface area contributed by atoms with Crippen LogP contribution in [0.5, 0.6) is 11.5 Å². The van der Waals surface area contributed by atoms with Gasteiger partial charge in [0.25, 0.3) is 5.91 Å². The second-order valence-electron chi connectivity index (χ2n) is 4.42. The molecule has 0 bridgehead atoms. The molecule has 6 heteroatoms. The molecule has 1 aromatic rings. The van der Waals surface area contributed by atoms with Crippen LogP contribution in [0.3, 0.4) is 0 Å². The smallest absolute Gasteiger partial charge is 0.276 e. The number of amides is 1. The molecule has 1 amide bonds. The standard InChI is InChI=1S/C15H18N2O3S/c1-4-19-11-7-6-10(13(9-11)20-5-2)8-12-14(18)17(3)15(21)16-12/h6-9H,4-5H2,1-3H3,(H,16,21)/b12-8-. The summed E-state index contributed by atoms with van der Waals surface area (Å²) in [7, 11) is 1.64. The van der Waals surface area contributed by atoms with Crippen LogP contribution < -0.4 is 14.8 Å². The molecule has 1 fully saturated rings. The van der Waals surface area contributed by atoms with Crippen molar-refractivity contribution in [1.82, 2.24) is 10.2 Å². The monoisotopic (exact) mass is 306 g/mol. The van der Waals surface area contributed by atoms with Gasteiger partial charge in [-0.1, -0.05) is 0 Å². The van der Waals surface area contributed by atoms with Crippen LogP contribution in [0.25, 0.3) is 6.08 Å². The Morgan fingerprint density at radius 1 is 1.29 bits per heavy atom. The zero-order valence-corrected chi connectivity index (χ0v) is 13.1. The number of nitrogens with one attached hydrogen (secondary N) is 1. The molecule has 1 aromatic carbocycles. The third kappa shape index (κ3) is 3.33. The molecule has 0 aliphatic carbocycles. The molecule has 112 valence electrons. The van der Waals surface area contributed by atoms with Gasteiger partial charge in [0.2, 0.25) is 0 Å². The highest BCUT2D eigenvalue weighted by atomic mass is 32.1. The van der Waals surface area contributed by atoms with Gasteiger partial charge in [0.1, 0.15) is 17.2 Å². The van der Waals surface area contributed by atoms with E-state index < -0.39 is 0 Å². The van der Waals surface area contributed by atoms with Crippen molar-refractivity contribution in [2.75, 3.05) is 20.3 Å². The molecule has 1 aliphatic rings. The first-order valence-electron chi connectivity index (χ1n) is 6.77. The number of carbonyl (C=O) groups excluding carboxylic acids is 1. The molecule has 0 radical (unpaired) electrons. The lowest BCUT2D eigenvalue weighted by atomic mass is 10.1. The Morgan fingerprint density at radius 2 is 2.00 bits per heavy atom. The minimum atomic E-state index is -0.156. The van der Waals surface area contributed by atoms with E-state index in [1.807, 2.05) is 32.0 Å². The first kappa shape index (κ1) is 15.3. The molecule has 0 spiro atoms. The van der Waals surface area contributed by atoms with E-state index in [0.29, 0.717) is 29.8 Å². The van der Waals surface area contributed by atoms with Gasteiger partial charge in [-0.3, -0.25) is 9.69 Å². The molecule has 0 unspecified atom stereocenters. The van der Waals surface area contributed by atoms with Crippen LogP contribution in [-0.2, 0) is 4.79 Å². The Balaban J connectivity index is 2.35. The summed E-state index contributed by atoms with van der Waals surface area (Å²) < 4.78 is 11.1. The van der Waals surface area contributed by atoms with Crippen LogP contribution in [0.15, 0.2) is 23.9 Å². The first-order chi connectivity index (χ1) is 10.1. The summed E-state index contributed by atoms with van der Waals surface area (Å²) >= 11 is 5.05. The van der Waals surface area contributed by atoms with Gasteiger partial charge in [-0.05, 0) is 44.3 Å². The highest BCUT2D eigenvalue weighted by Crippen LogP contribution is 2.27. The molecule has 2 rings (SSSR count). The van der Waals surface area contributed by atoms with Crippen molar-refractivity contribution in [2.45, 2.75) is 13.8 Å². The van der Waals surface area contributed by atoms with Gasteiger partial charge in [-0.15, -0.1) is 0 Å². The minimum Gasteiger partial charge on any atom is -0.494 e. The van der Waals surface area contributed by atoms with Crippen molar-refractivity contribution in [2.24, 2.45) is 0 Å². The number of likely N-dealkylation sites (N-methyl/N-ethyl adjacent to an activating group) is 1. The van der Waals surface area contributed by atoms with Gasteiger partial charge in [0.05, 0.1) is 13.2 Å². The minimum absolute atomic E-state index is 0.156. The van der Waals surface area contributed by atoms with Crippen LogP contribution in [0.4, 0.5) is 0 Å². The zero-order chi connectivity index (χ0) is 15.4. The lowest BCUT2D eigenvalue weighted by Crippen LogP contribution is -2.25. The zero-order valence-electron chi connectivity index (χ0n) is 12.3. The summed E-state index contributed by atoms with van der Waals surface area (Å²) in [5.74, 6) is 1.25. The van der Waals surface area contributed by atoms with Crippen LogP contribution in [0, 0.1) is 0 Å².